The zero-order valence-corrected chi connectivity index (χ0v) is 20.9. The topological polar surface area (TPSA) is 86.7 Å². The second-order valence-corrected chi connectivity index (χ2v) is 11.2. The van der Waals surface area contributed by atoms with E-state index in [2.05, 4.69) is 8.37 Å². The summed E-state index contributed by atoms with van der Waals surface area (Å²) in [6.45, 7) is 2.55. The van der Waals surface area contributed by atoms with E-state index >= 15 is 0 Å². The van der Waals surface area contributed by atoms with Gasteiger partial charge in [0.15, 0.2) is 0 Å². The van der Waals surface area contributed by atoms with E-state index in [9.17, 15) is 43.2 Å². The summed E-state index contributed by atoms with van der Waals surface area (Å²) in [4.78, 5) is 0. The van der Waals surface area contributed by atoms with Gasteiger partial charge in [0.2, 0.25) is 0 Å². The van der Waals surface area contributed by atoms with Crippen LogP contribution >= 0.6 is 0 Å². The summed E-state index contributed by atoms with van der Waals surface area (Å²) >= 11 is 0. The summed E-state index contributed by atoms with van der Waals surface area (Å²) in [6.07, 6.45) is 0. The Hall–Kier alpha value is -3.52. The molecule has 0 atom stereocenters. The van der Waals surface area contributed by atoms with Crippen molar-refractivity contribution < 1.29 is 51.5 Å². The minimum Gasteiger partial charge on any atom is -0.376 e. The normalized spacial score (nSPS) is 13.2. The third-order valence-electron chi connectivity index (χ3n) is 5.74. The van der Waals surface area contributed by atoms with Crippen LogP contribution in [-0.4, -0.2) is 27.9 Å². The molecule has 0 unspecified atom stereocenters. The van der Waals surface area contributed by atoms with Gasteiger partial charge in [0.05, 0.1) is 0 Å². The predicted molar refractivity (Wildman–Crippen MR) is 128 cm³/mol. The molecular weight excluding hydrogens is 562 g/mol. The average molecular weight is 579 g/mol. The number of hydrogen-bond donors (Lipinski definition) is 0. The molecule has 0 fully saturated rings. The van der Waals surface area contributed by atoms with Crippen molar-refractivity contribution in [1.29, 1.82) is 0 Å². The van der Waals surface area contributed by atoms with Crippen LogP contribution in [0.2, 0.25) is 0 Å². The molecule has 4 aromatic rings. The Morgan fingerprint density at radius 1 is 0.579 bits per heavy atom. The van der Waals surface area contributed by atoms with Crippen molar-refractivity contribution in [1.82, 2.24) is 0 Å². The fourth-order valence-electron chi connectivity index (χ4n) is 4.00. The lowest BCUT2D eigenvalue weighted by Crippen LogP contribution is -2.28. The molecule has 0 aliphatic heterocycles. The Kier molecular flexibility index (Phi) is 6.55. The summed E-state index contributed by atoms with van der Waals surface area (Å²) in [5.41, 5.74) is -11.4. The van der Waals surface area contributed by atoms with Crippen molar-refractivity contribution in [3.05, 3.63) is 71.8 Å². The molecule has 0 spiro atoms. The van der Waals surface area contributed by atoms with Crippen LogP contribution in [0.5, 0.6) is 11.5 Å². The fraction of sp³-hybridized carbons (Fsp3) is 0.167. The molecule has 0 aromatic heterocycles. The second-order valence-electron chi connectivity index (χ2n) is 8.16. The molecule has 0 aliphatic carbocycles. The summed E-state index contributed by atoms with van der Waals surface area (Å²) in [5, 5.41) is 1.26. The molecule has 0 N–H and O–H groups in total. The van der Waals surface area contributed by atoms with Crippen LogP contribution < -0.4 is 8.37 Å². The average Bonchev–Trinajstić information content (AvgIpc) is 2.79. The molecule has 0 saturated heterocycles. The van der Waals surface area contributed by atoms with Crippen molar-refractivity contribution in [2.75, 3.05) is 0 Å². The van der Waals surface area contributed by atoms with Crippen LogP contribution in [0.1, 0.15) is 11.1 Å². The van der Waals surface area contributed by atoms with Gasteiger partial charge in [-0.15, -0.1) is 0 Å². The van der Waals surface area contributed by atoms with E-state index in [0.717, 1.165) is 12.1 Å². The fourth-order valence-corrected chi connectivity index (χ4v) is 5.01. The van der Waals surface area contributed by atoms with Gasteiger partial charge in [-0.25, -0.2) is 0 Å². The molecular formula is C24H16F6O6S2. The van der Waals surface area contributed by atoms with Crippen LogP contribution in [0.4, 0.5) is 26.3 Å². The minimum absolute atomic E-state index is 0.0967. The number of fused-ring (bicyclic) bond motifs is 2. The van der Waals surface area contributed by atoms with Crippen molar-refractivity contribution >= 4 is 41.8 Å². The first-order valence-electron chi connectivity index (χ1n) is 10.5. The van der Waals surface area contributed by atoms with Gasteiger partial charge in [-0.2, -0.15) is 43.2 Å². The summed E-state index contributed by atoms with van der Waals surface area (Å²) in [7, 11) is -12.1. The number of halogens is 6. The van der Waals surface area contributed by atoms with Gasteiger partial charge < -0.3 is 8.37 Å². The highest BCUT2D eigenvalue weighted by Gasteiger charge is 2.49. The summed E-state index contributed by atoms with van der Waals surface area (Å²) < 4.78 is 135. The summed E-state index contributed by atoms with van der Waals surface area (Å²) in [6, 6.07) is 14.5. The Morgan fingerprint density at radius 3 is 1.21 bits per heavy atom. The molecule has 6 nitrogen and oxygen atoms in total. The second kappa shape index (κ2) is 9.05. The molecule has 0 bridgehead atoms. The van der Waals surface area contributed by atoms with E-state index in [1.807, 2.05) is 0 Å². The molecule has 0 aliphatic rings. The molecule has 4 aromatic carbocycles. The highest BCUT2D eigenvalue weighted by molar-refractivity contribution is 7.88. The van der Waals surface area contributed by atoms with Crippen LogP contribution in [0.15, 0.2) is 60.7 Å². The maximum Gasteiger partial charge on any atom is 0.534 e. The van der Waals surface area contributed by atoms with E-state index in [-0.39, 0.29) is 33.0 Å². The monoisotopic (exact) mass is 578 g/mol. The first-order chi connectivity index (χ1) is 17.4. The summed E-state index contributed by atoms with van der Waals surface area (Å²) in [5.74, 6) is -1.34. The highest BCUT2D eigenvalue weighted by Crippen LogP contribution is 2.46. The third-order valence-corrected chi connectivity index (χ3v) is 7.67. The van der Waals surface area contributed by atoms with Gasteiger partial charge in [-0.1, -0.05) is 48.5 Å². The van der Waals surface area contributed by atoms with Gasteiger partial charge in [0, 0.05) is 11.1 Å². The van der Waals surface area contributed by atoms with Gasteiger partial charge in [-0.3, -0.25) is 0 Å². The van der Waals surface area contributed by atoms with Gasteiger partial charge in [-0.05, 0) is 58.7 Å². The molecule has 0 saturated carbocycles. The Morgan fingerprint density at radius 2 is 0.895 bits per heavy atom. The zero-order chi connectivity index (χ0) is 28.3. The number of benzene rings is 4. The maximum absolute atomic E-state index is 13.1. The van der Waals surface area contributed by atoms with Crippen LogP contribution in [0, 0.1) is 13.8 Å². The lowest BCUT2D eigenvalue weighted by Gasteiger charge is -2.21. The quantitative estimate of drug-likeness (QED) is 0.148. The number of alkyl halides is 6. The predicted octanol–water partition coefficient (Wildman–Crippen LogP) is 6.73. The Balaban J connectivity index is 2.11. The molecule has 0 amide bonds. The van der Waals surface area contributed by atoms with Crippen LogP contribution in [0.3, 0.4) is 0 Å². The molecule has 14 heteroatoms. The van der Waals surface area contributed by atoms with Gasteiger partial charge in [0.25, 0.3) is 0 Å². The Labute approximate surface area is 212 Å². The van der Waals surface area contributed by atoms with Crippen LogP contribution in [0.25, 0.3) is 32.7 Å². The first kappa shape index (κ1) is 27.5. The number of rotatable bonds is 5. The van der Waals surface area contributed by atoms with E-state index in [0.29, 0.717) is 10.8 Å². The standard InChI is InChI=1S/C24H16F6O6S2/c1-13-19(35-37(31,32)23(25,26)27)11-15-7-3-5-9-17(15)21(13)22-14(2)20(36-38(33,34)24(28,29)30)12-16-8-4-6-10-18(16)22/h3-12H,1-2H3. The van der Waals surface area contributed by atoms with E-state index in [4.69, 9.17) is 0 Å². The zero-order valence-electron chi connectivity index (χ0n) is 19.3. The molecule has 0 heterocycles. The van der Waals surface area contributed by atoms with E-state index in [1.54, 1.807) is 24.3 Å². The van der Waals surface area contributed by atoms with Crippen molar-refractivity contribution in [3.63, 3.8) is 0 Å². The molecule has 0 radical (unpaired) electrons. The van der Waals surface area contributed by atoms with Crippen LogP contribution in [-0.2, 0) is 20.2 Å². The molecule has 4 rings (SSSR count). The maximum atomic E-state index is 13.1. The minimum atomic E-state index is -6.07. The molecule has 38 heavy (non-hydrogen) atoms. The van der Waals surface area contributed by atoms with Crippen molar-refractivity contribution in [2.45, 2.75) is 24.9 Å². The number of hydrogen-bond acceptors (Lipinski definition) is 6. The van der Waals surface area contributed by atoms with Gasteiger partial charge >= 0.3 is 31.3 Å². The Bertz CT molecular complexity index is 1660. The van der Waals surface area contributed by atoms with E-state index < -0.39 is 42.8 Å². The molecule has 202 valence electrons. The SMILES string of the molecule is Cc1c(OS(=O)(=O)C(F)(F)F)cc2ccccc2c1-c1c(C)c(OS(=O)(=O)C(F)(F)F)cc2ccccc12. The van der Waals surface area contributed by atoms with Gasteiger partial charge in [0.1, 0.15) is 11.5 Å². The lowest BCUT2D eigenvalue weighted by molar-refractivity contribution is -0.0505. The largest absolute Gasteiger partial charge is 0.534 e. The lowest BCUT2D eigenvalue weighted by atomic mass is 9.87. The van der Waals surface area contributed by atoms with Crippen molar-refractivity contribution in [2.24, 2.45) is 0 Å². The van der Waals surface area contributed by atoms with E-state index in [1.165, 1.54) is 38.1 Å². The smallest absolute Gasteiger partial charge is 0.376 e. The highest BCUT2D eigenvalue weighted by atomic mass is 32.2. The van der Waals surface area contributed by atoms with Crippen molar-refractivity contribution in [3.8, 4) is 22.6 Å². The third kappa shape index (κ3) is 4.73. The first-order valence-corrected chi connectivity index (χ1v) is 13.3.